The van der Waals surface area contributed by atoms with Gasteiger partial charge >= 0.3 is 0 Å². The lowest BCUT2D eigenvalue weighted by Crippen LogP contribution is -2.19. The van der Waals surface area contributed by atoms with Crippen molar-refractivity contribution in [3.05, 3.63) is 83.0 Å². The quantitative estimate of drug-likeness (QED) is 0.673. The molecule has 5 nitrogen and oxygen atoms in total. The van der Waals surface area contributed by atoms with Crippen molar-refractivity contribution in [3.63, 3.8) is 0 Å². The maximum atomic E-state index is 12.7. The average molecular weight is 384 g/mol. The van der Waals surface area contributed by atoms with Gasteiger partial charge in [-0.2, -0.15) is 10.4 Å². The third kappa shape index (κ3) is 4.38. The van der Waals surface area contributed by atoms with Crippen molar-refractivity contribution in [2.45, 2.75) is 44.6 Å². The van der Waals surface area contributed by atoms with E-state index in [4.69, 9.17) is 5.10 Å². The molecule has 0 radical (unpaired) electrons. The van der Waals surface area contributed by atoms with E-state index in [1.165, 1.54) is 0 Å². The monoisotopic (exact) mass is 384 g/mol. The predicted molar refractivity (Wildman–Crippen MR) is 112 cm³/mol. The fraction of sp³-hybridized carbons (Fsp3) is 0.292. The van der Waals surface area contributed by atoms with Crippen LogP contribution in [-0.4, -0.2) is 15.7 Å². The predicted octanol–water partition coefficient (Wildman–Crippen LogP) is 4.64. The number of hydrogen-bond donors (Lipinski definition) is 1. The summed E-state index contributed by atoms with van der Waals surface area (Å²) in [5.41, 5.74) is 3.24. The Hall–Kier alpha value is -3.39. The van der Waals surface area contributed by atoms with Gasteiger partial charge in [-0.05, 0) is 24.0 Å². The van der Waals surface area contributed by atoms with E-state index < -0.39 is 0 Å². The van der Waals surface area contributed by atoms with Crippen molar-refractivity contribution in [2.24, 2.45) is 0 Å². The maximum Gasteiger partial charge on any atom is 0.229 e. The van der Waals surface area contributed by atoms with E-state index in [2.05, 4.69) is 11.4 Å². The summed E-state index contributed by atoms with van der Waals surface area (Å²) in [4.78, 5) is 12.7. The lowest BCUT2D eigenvalue weighted by atomic mass is 10.1. The van der Waals surface area contributed by atoms with E-state index in [1.54, 1.807) is 0 Å². The summed E-state index contributed by atoms with van der Waals surface area (Å²) in [6.07, 6.45) is 5.20. The van der Waals surface area contributed by atoms with E-state index in [-0.39, 0.29) is 18.4 Å². The first-order valence-electron chi connectivity index (χ1n) is 10.1. The van der Waals surface area contributed by atoms with Crippen molar-refractivity contribution in [2.75, 3.05) is 5.32 Å². The Labute approximate surface area is 171 Å². The van der Waals surface area contributed by atoms with Gasteiger partial charge in [-0.15, -0.1) is 0 Å². The minimum atomic E-state index is -0.127. The fourth-order valence-electron chi connectivity index (χ4n) is 4.00. The molecule has 0 atom stereocenters. The largest absolute Gasteiger partial charge is 0.309 e. The zero-order valence-corrected chi connectivity index (χ0v) is 16.3. The second-order valence-corrected chi connectivity index (χ2v) is 7.54. The highest BCUT2D eigenvalue weighted by molar-refractivity contribution is 5.92. The summed E-state index contributed by atoms with van der Waals surface area (Å²) >= 11 is 0. The summed E-state index contributed by atoms with van der Waals surface area (Å²) in [7, 11) is 0. The number of rotatable bonds is 6. The molecule has 4 rings (SSSR count). The van der Waals surface area contributed by atoms with Gasteiger partial charge in [0, 0.05) is 6.42 Å². The number of nitriles is 1. The van der Waals surface area contributed by atoms with Crippen LogP contribution in [0.5, 0.6) is 0 Å². The first kappa shape index (κ1) is 18.9. The van der Waals surface area contributed by atoms with Gasteiger partial charge in [0.1, 0.15) is 17.5 Å². The van der Waals surface area contributed by atoms with E-state index in [1.807, 2.05) is 65.3 Å². The minimum Gasteiger partial charge on any atom is -0.309 e. The molecule has 1 aliphatic carbocycles. The van der Waals surface area contributed by atoms with Crippen LogP contribution in [0.3, 0.4) is 0 Å². The number of aromatic nitrogens is 2. The normalized spacial score (nSPS) is 13.9. The third-order valence-corrected chi connectivity index (χ3v) is 5.45. The van der Waals surface area contributed by atoms with Crippen LogP contribution in [0.1, 0.15) is 54.1 Å². The number of carbonyl (C=O) groups excluding carboxylic acids is 1. The molecule has 0 spiro atoms. The van der Waals surface area contributed by atoms with Gasteiger partial charge in [-0.25, -0.2) is 4.68 Å². The van der Waals surface area contributed by atoms with Gasteiger partial charge in [0.2, 0.25) is 5.91 Å². The Balaban J connectivity index is 1.64. The molecule has 1 aromatic heterocycles. The van der Waals surface area contributed by atoms with Gasteiger partial charge in [0.05, 0.1) is 18.2 Å². The molecule has 0 aliphatic heterocycles. The van der Waals surface area contributed by atoms with Gasteiger partial charge in [-0.1, -0.05) is 73.5 Å². The molecular formula is C24H24N4O. The van der Waals surface area contributed by atoms with Crippen molar-refractivity contribution < 1.29 is 4.79 Å². The van der Waals surface area contributed by atoms with Crippen molar-refractivity contribution in [1.82, 2.24) is 9.78 Å². The molecule has 1 aliphatic rings. The molecule has 5 heteroatoms. The molecule has 1 amide bonds. The lowest BCUT2D eigenvalue weighted by molar-refractivity contribution is -0.115. The number of anilines is 1. The molecule has 0 bridgehead atoms. The minimum absolute atomic E-state index is 0.127. The highest BCUT2D eigenvalue weighted by atomic mass is 16.1. The topological polar surface area (TPSA) is 70.7 Å². The summed E-state index contributed by atoms with van der Waals surface area (Å²) in [5.74, 6) is 0.421. The van der Waals surface area contributed by atoms with Gasteiger partial charge in [-0.3, -0.25) is 4.79 Å². The molecule has 0 unspecified atom stereocenters. The van der Waals surface area contributed by atoms with Crippen molar-refractivity contribution >= 4 is 11.7 Å². The van der Waals surface area contributed by atoms with Gasteiger partial charge in [0.15, 0.2) is 0 Å². The molecule has 0 saturated heterocycles. The van der Waals surface area contributed by atoms with E-state index in [9.17, 15) is 10.1 Å². The Morgan fingerprint density at radius 2 is 1.66 bits per heavy atom. The number of hydrogen-bond acceptors (Lipinski definition) is 3. The Morgan fingerprint density at radius 3 is 2.28 bits per heavy atom. The van der Waals surface area contributed by atoms with Crippen LogP contribution in [0.15, 0.2) is 60.7 Å². The Bertz CT molecular complexity index is 1010. The maximum absolute atomic E-state index is 12.7. The lowest BCUT2D eigenvalue weighted by Gasteiger charge is -2.15. The van der Waals surface area contributed by atoms with E-state index in [0.717, 1.165) is 42.5 Å². The first-order chi connectivity index (χ1) is 14.2. The summed E-state index contributed by atoms with van der Waals surface area (Å²) in [6, 6.07) is 22.2. The number of carbonyl (C=O) groups is 1. The molecule has 146 valence electrons. The molecule has 1 N–H and O–H groups in total. The van der Waals surface area contributed by atoms with Crippen LogP contribution < -0.4 is 5.32 Å². The first-order valence-corrected chi connectivity index (χ1v) is 10.1. The molecule has 2 aromatic carbocycles. The molecule has 1 saturated carbocycles. The van der Waals surface area contributed by atoms with E-state index >= 15 is 0 Å². The van der Waals surface area contributed by atoms with Crippen LogP contribution in [0.2, 0.25) is 0 Å². The third-order valence-electron chi connectivity index (χ3n) is 5.45. The summed E-state index contributed by atoms with van der Waals surface area (Å²) in [6.45, 7) is 0. The van der Waals surface area contributed by atoms with E-state index in [0.29, 0.717) is 17.8 Å². The van der Waals surface area contributed by atoms with Crippen molar-refractivity contribution in [3.8, 4) is 6.07 Å². The molecular weight excluding hydrogens is 360 g/mol. The zero-order chi connectivity index (χ0) is 20.1. The average Bonchev–Trinajstić information content (AvgIpc) is 3.38. The standard InChI is InChI=1S/C24H24N4O/c25-17-21-22(15-18-9-3-1-4-10-18)27-28(20-13-7-8-14-20)24(21)26-23(29)16-19-11-5-2-6-12-19/h1-6,9-12,20H,7-8,13-16H2,(H,26,29). The van der Waals surface area contributed by atoms with Crippen LogP contribution >= 0.6 is 0 Å². The SMILES string of the molecule is N#Cc1c(Cc2ccccc2)nn(C2CCCC2)c1NC(=O)Cc1ccccc1. The highest BCUT2D eigenvalue weighted by Gasteiger charge is 2.26. The van der Waals surface area contributed by atoms with Crippen LogP contribution in [0, 0.1) is 11.3 Å². The smallest absolute Gasteiger partial charge is 0.229 e. The summed E-state index contributed by atoms with van der Waals surface area (Å²) < 4.78 is 1.90. The second kappa shape index (κ2) is 8.74. The summed E-state index contributed by atoms with van der Waals surface area (Å²) in [5, 5.41) is 17.7. The highest BCUT2D eigenvalue weighted by Crippen LogP contribution is 2.34. The van der Waals surface area contributed by atoms with Gasteiger partial charge < -0.3 is 5.32 Å². The Morgan fingerprint density at radius 1 is 1.03 bits per heavy atom. The number of nitrogens with zero attached hydrogens (tertiary/aromatic N) is 3. The van der Waals surface area contributed by atoms with Crippen LogP contribution in [-0.2, 0) is 17.6 Å². The number of amides is 1. The van der Waals surface area contributed by atoms with Crippen molar-refractivity contribution in [1.29, 1.82) is 5.26 Å². The number of nitrogens with one attached hydrogen (secondary N) is 1. The van der Waals surface area contributed by atoms with Crippen LogP contribution in [0.4, 0.5) is 5.82 Å². The molecule has 29 heavy (non-hydrogen) atoms. The zero-order valence-electron chi connectivity index (χ0n) is 16.3. The number of benzene rings is 2. The van der Waals surface area contributed by atoms with Crippen LogP contribution in [0.25, 0.3) is 0 Å². The molecule has 1 heterocycles. The Kier molecular flexibility index (Phi) is 5.71. The second-order valence-electron chi connectivity index (χ2n) is 7.54. The molecule has 3 aromatic rings. The fourth-order valence-corrected chi connectivity index (χ4v) is 4.00. The molecule has 1 fully saturated rings. The van der Waals surface area contributed by atoms with Gasteiger partial charge in [0.25, 0.3) is 0 Å².